The van der Waals surface area contributed by atoms with E-state index >= 15 is 0 Å². The summed E-state index contributed by atoms with van der Waals surface area (Å²) in [5, 5.41) is 3.10. The van der Waals surface area contributed by atoms with Gasteiger partial charge in [0.1, 0.15) is 5.75 Å². The van der Waals surface area contributed by atoms with Crippen LogP contribution < -0.4 is 10.1 Å². The Hall–Kier alpha value is -1.03. The molecule has 0 aliphatic carbocycles. The lowest BCUT2D eigenvalue weighted by Crippen LogP contribution is -2.37. The number of ether oxygens (including phenoxy) is 1. The third-order valence-electron chi connectivity index (χ3n) is 4.31. The summed E-state index contributed by atoms with van der Waals surface area (Å²) in [5.41, 5.74) is 1.01. The number of alkyl halides is 1. The van der Waals surface area contributed by atoms with Crippen LogP contribution in [0.4, 0.5) is 0 Å². The number of rotatable bonds is 6. The molecule has 0 bridgehead atoms. The lowest BCUT2D eigenvalue weighted by Gasteiger charge is -2.26. The van der Waals surface area contributed by atoms with Gasteiger partial charge in [-0.3, -0.25) is 4.79 Å². The predicted molar refractivity (Wildman–Crippen MR) is 89.1 cm³/mol. The van der Waals surface area contributed by atoms with E-state index in [1.165, 1.54) is 0 Å². The van der Waals surface area contributed by atoms with Crippen molar-refractivity contribution >= 4 is 21.8 Å². The van der Waals surface area contributed by atoms with Gasteiger partial charge in [-0.2, -0.15) is 0 Å². The fourth-order valence-electron chi connectivity index (χ4n) is 2.90. The van der Waals surface area contributed by atoms with Gasteiger partial charge < -0.3 is 10.1 Å². The molecule has 1 N–H and O–H groups in total. The second-order valence-corrected chi connectivity index (χ2v) is 6.74. The molecule has 2 rings (SSSR count). The average molecular weight is 354 g/mol. The summed E-state index contributed by atoms with van der Waals surface area (Å²) in [5.74, 6) is 1.48. The summed E-state index contributed by atoms with van der Waals surface area (Å²) >= 11 is 3.71. The van der Waals surface area contributed by atoms with Gasteiger partial charge in [-0.05, 0) is 18.4 Å². The minimum Gasteiger partial charge on any atom is -0.493 e. The van der Waals surface area contributed by atoms with E-state index in [-0.39, 0.29) is 11.8 Å². The Morgan fingerprint density at radius 3 is 2.81 bits per heavy atom. The molecule has 1 aromatic carbocycles. The molecule has 0 spiro atoms. The van der Waals surface area contributed by atoms with E-state index in [1.807, 2.05) is 24.3 Å². The van der Waals surface area contributed by atoms with Crippen LogP contribution in [0.15, 0.2) is 24.3 Å². The van der Waals surface area contributed by atoms with Gasteiger partial charge in [0.05, 0.1) is 12.5 Å². The van der Waals surface area contributed by atoms with Crippen molar-refractivity contribution in [2.75, 3.05) is 13.2 Å². The molecule has 0 aromatic heterocycles. The number of benzene rings is 1. The fraction of sp³-hybridized carbons (Fsp3) is 0.588. The van der Waals surface area contributed by atoms with Gasteiger partial charge in [0.25, 0.3) is 0 Å². The maximum atomic E-state index is 12.5. The molecule has 1 aliphatic heterocycles. The Labute approximate surface area is 135 Å². The Bertz CT molecular complexity index is 474. The summed E-state index contributed by atoms with van der Waals surface area (Å²) < 4.78 is 5.61. The van der Waals surface area contributed by atoms with Crippen LogP contribution in [0.25, 0.3) is 0 Å². The highest BCUT2D eigenvalue weighted by Gasteiger charge is 2.28. The molecule has 1 heterocycles. The number of amides is 1. The molecule has 2 unspecified atom stereocenters. The lowest BCUT2D eigenvalue weighted by atomic mass is 9.92. The first-order valence-corrected chi connectivity index (χ1v) is 8.72. The van der Waals surface area contributed by atoms with Crippen molar-refractivity contribution in [2.24, 2.45) is 5.92 Å². The summed E-state index contributed by atoms with van der Waals surface area (Å²) in [7, 11) is 0. The van der Waals surface area contributed by atoms with Crippen molar-refractivity contribution in [3.8, 4) is 5.75 Å². The van der Waals surface area contributed by atoms with E-state index in [0.717, 1.165) is 30.6 Å². The van der Waals surface area contributed by atoms with Crippen molar-refractivity contribution in [2.45, 2.75) is 43.9 Å². The number of nitrogens with one attached hydrogen (secondary N) is 1. The first-order chi connectivity index (χ1) is 10.2. The standard InChI is InChI=1S/C17H24BrNO2/c1-3-12(4-2)15(18)11-19-17(20)14-9-10-21-16-8-6-5-7-13(14)16/h5-8,12,14-15H,3-4,9-11H2,1-2H3,(H,19,20). The molecular weight excluding hydrogens is 330 g/mol. The molecule has 0 saturated carbocycles. The monoisotopic (exact) mass is 353 g/mol. The number of carbonyl (C=O) groups excluding carboxylic acids is 1. The number of fused-ring (bicyclic) bond motifs is 1. The van der Waals surface area contributed by atoms with Gasteiger partial charge in [-0.15, -0.1) is 0 Å². The summed E-state index contributed by atoms with van der Waals surface area (Å²) in [6.07, 6.45) is 3.01. The zero-order valence-electron chi connectivity index (χ0n) is 12.8. The zero-order valence-corrected chi connectivity index (χ0v) is 14.4. The first kappa shape index (κ1) is 16.3. The van der Waals surface area contributed by atoms with Gasteiger partial charge in [0, 0.05) is 16.9 Å². The van der Waals surface area contributed by atoms with E-state index in [0.29, 0.717) is 23.9 Å². The molecule has 1 aliphatic rings. The molecule has 1 aromatic rings. The third kappa shape index (κ3) is 4.00. The van der Waals surface area contributed by atoms with Gasteiger partial charge in [-0.1, -0.05) is 60.8 Å². The van der Waals surface area contributed by atoms with Crippen molar-refractivity contribution in [3.63, 3.8) is 0 Å². The molecule has 2 atom stereocenters. The Balaban J connectivity index is 1.96. The molecule has 21 heavy (non-hydrogen) atoms. The highest BCUT2D eigenvalue weighted by atomic mass is 79.9. The SMILES string of the molecule is CCC(CC)C(Br)CNC(=O)C1CCOc2ccccc21. The van der Waals surface area contributed by atoms with Crippen LogP contribution in [-0.2, 0) is 4.79 Å². The van der Waals surface area contributed by atoms with Crippen LogP contribution in [-0.4, -0.2) is 23.9 Å². The number of hydrogen-bond acceptors (Lipinski definition) is 2. The van der Waals surface area contributed by atoms with E-state index in [1.54, 1.807) is 0 Å². The molecule has 3 nitrogen and oxygen atoms in total. The van der Waals surface area contributed by atoms with Gasteiger partial charge in [-0.25, -0.2) is 0 Å². The van der Waals surface area contributed by atoms with Gasteiger partial charge >= 0.3 is 0 Å². The number of hydrogen-bond donors (Lipinski definition) is 1. The normalized spacial score (nSPS) is 18.8. The van der Waals surface area contributed by atoms with Gasteiger partial charge in [0.2, 0.25) is 5.91 Å². The molecular formula is C17H24BrNO2. The third-order valence-corrected chi connectivity index (χ3v) is 5.38. The highest BCUT2D eigenvalue weighted by molar-refractivity contribution is 9.09. The highest BCUT2D eigenvalue weighted by Crippen LogP contribution is 2.33. The van der Waals surface area contributed by atoms with E-state index < -0.39 is 0 Å². The first-order valence-electron chi connectivity index (χ1n) is 7.80. The second kappa shape index (κ2) is 7.83. The molecule has 4 heteroatoms. The number of carbonyl (C=O) groups is 1. The van der Waals surface area contributed by atoms with Crippen LogP contribution >= 0.6 is 15.9 Å². The van der Waals surface area contributed by atoms with Crippen molar-refractivity contribution in [1.82, 2.24) is 5.32 Å². The quantitative estimate of drug-likeness (QED) is 0.788. The molecule has 1 amide bonds. The average Bonchev–Trinajstić information content (AvgIpc) is 2.53. The van der Waals surface area contributed by atoms with Gasteiger partial charge in [0.15, 0.2) is 0 Å². The van der Waals surface area contributed by atoms with Crippen molar-refractivity contribution in [3.05, 3.63) is 29.8 Å². The molecule has 116 valence electrons. The van der Waals surface area contributed by atoms with Crippen LogP contribution in [0.5, 0.6) is 5.75 Å². The maximum Gasteiger partial charge on any atom is 0.227 e. The Morgan fingerprint density at radius 1 is 1.38 bits per heavy atom. The maximum absolute atomic E-state index is 12.5. The zero-order chi connectivity index (χ0) is 15.2. The van der Waals surface area contributed by atoms with E-state index in [4.69, 9.17) is 4.74 Å². The summed E-state index contributed by atoms with van der Waals surface area (Å²) in [4.78, 5) is 12.8. The van der Waals surface area contributed by atoms with Crippen LogP contribution in [0.2, 0.25) is 0 Å². The van der Waals surface area contributed by atoms with Crippen LogP contribution in [0.1, 0.15) is 44.6 Å². The Kier molecular flexibility index (Phi) is 6.09. The van der Waals surface area contributed by atoms with Crippen molar-refractivity contribution in [1.29, 1.82) is 0 Å². The fourth-order valence-corrected chi connectivity index (χ4v) is 3.81. The number of para-hydroxylation sites is 1. The predicted octanol–water partition coefficient (Wildman–Crippen LogP) is 3.87. The smallest absolute Gasteiger partial charge is 0.227 e. The second-order valence-electron chi connectivity index (χ2n) is 5.57. The van der Waals surface area contributed by atoms with E-state index in [9.17, 15) is 4.79 Å². The van der Waals surface area contributed by atoms with Crippen LogP contribution in [0.3, 0.4) is 0 Å². The molecule has 0 fully saturated rings. The largest absolute Gasteiger partial charge is 0.493 e. The topological polar surface area (TPSA) is 38.3 Å². The van der Waals surface area contributed by atoms with Crippen molar-refractivity contribution < 1.29 is 9.53 Å². The van der Waals surface area contributed by atoms with E-state index in [2.05, 4.69) is 35.1 Å². The molecule has 0 radical (unpaired) electrons. The molecule has 0 saturated heterocycles. The summed E-state index contributed by atoms with van der Waals surface area (Å²) in [6, 6.07) is 7.84. The number of halogens is 1. The van der Waals surface area contributed by atoms with Crippen LogP contribution in [0, 0.1) is 5.92 Å². The minimum absolute atomic E-state index is 0.0867. The Morgan fingerprint density at radius 2 is 2.10 bits per heavy atom. The lowest BCUT2D eigenvalue weighted by molar-refractivity contribution is -0.123. The summed E-state index contributed by atoms with van der Waals surface area (Å²) in [6.45, 7) is 5.68. The minimum atomic E-state index is -0.0867.